The lowest BCUT2D eigenvalue weighted by Crippen LogP contribution is -1.92. The fourth-order valence-corrected chi connectivity index (χ4v) is 2.90. The monoisotopic (exact) mass is 282 g/mol. The fourth-order valence-electron chi connectivity index (χ4n) is 2.90. The minimum absolute atomic E-state index is 0.850. The number of ether oxygens (including phenoxy) is 3. The van der Waals surface area contributed by atoms with E-state index < -0.39 is 0 Å². The Morgan fingerprint density at radius 3 is 2.10 bits per heavy atom. The van der Waals surface area contributed by atoms with Gasteiger partial charge in [0.25, 0.3) is 0 Å². The summed E-state index contributed by atoms with van der Waals surface area (Å²) in [7, 11) is 5.07. The molecule has 108 valence electrons. The zero-order valence-electron chi connectivity index (χ0n) is 12.7. The van der Waals surface area contributed by atoms with Crippen LogP contribution in [0.15, 0.2) is 36.4 Å². The van der Waals surface area contributed by atoms with Gasteiger partial charge in [0.2, 0.25) is 0 Å². The normalized spacial score (nSPS) is 10.9. The van der Waals surface area contributed by atoms with E-state index in [9.17, 15) is 0 Å². The highest BCUT2D eigenvalue weighted by atomic mass is 16.5. The summed E-state index contributed by atoms with van der Waals surface area (Å²) in [5, 5.41) is 4.43. The van der Waals surface area contributed by atoms with Crippen LogP contribution in [0.1, 0.15) is 5.56 Å². The van der Waals surface area contributed by atoms with Crippen LogP contribution in [0.5, 0.6) is 17.2 Å². The Labute approximate surface area is 124 Å². The van der Waals surface area contributed by atoms with Gasteiger partial charge in [0, 0.05) is 10.8 Å². The number of benzene rings is 3. The first-order valence-corrected chi connectivity index (χ1v) is 6.81. The van der Waals surface area contributed by atoms with E-state index in [1.165, 1.54) is 5.39 Å². The topological polar surface area (TPSA) is 27.7 Å². The summed E-state index contributed by atoms with van der Waals surface area (Å²) < 4.78 is 16.4. The molecule has 0 aliphatic heterocycles. The molecule has 3 nitrogen and oxygen atoms in total. The van der Waals surface area contributed by atoms with Crippen LogP contribution in [-0.4, -0.2) is 21.3 Å². The molecule has 0 bridgehead atoms. The van der Waals surface area contributed by atoms with Crippen LogP contribution in [0.4, 0.5) is 0 Å². The van der Waals surface area contributed by atoms with Crippen molar-refractivity contribution in [2.75, 3.05) is 21.3 Å². The second-order valence-electron chi connectivity index (χ2n) is 5.00. The average Bonchev–Trinajstić information content (AvgIpc) is 2.52. The van der Waals surface area contributed by atoms with Crippen molar-refractivity contribution in [2.45, 2.75) is 6.92 Å². The summed E-state index contributed by atoms with van der Waals surface area (Å²) >= 11 is 0. The maximum Gasteiger partial charge on any atom is 0.127 e. The van der Waals surface area contributed by atoms with Gasteiger partial charge in [-0.25, -0.2) is 0 Å². The Hall–Kier alpha value is -2.42. The second-order valence-corrected chi connectivity index (χ2v) is 5.00. The van der Waals surface area contributed by atoms with Crippen LogP contribution in [0, 0.1) is 6.92 Å². The van der Waals surface area contributed by atoms with Gasteiger partial charge >= 0.3 is 0 Å². The number of methoxy groups -OCH3 is 3. The summed E-state index contributed by atoms with van der Waals surface area (Å²) in [6, 6.07) is 12.1. The Balaban J connectivity index is 2.52. The van der Waals surface area contributed by atoms with Crippen molar-refractivity contribution < 1.29 is 14.2 Å². The van der Waals surface area contributed by atoms with Gasteiger partial charge in [-0.3, -0.25) is 0 Å². The van der Waals surface area contributed by atoms with Crippen molar-refractivity contribution >= 4 is 21.5 Å². The van der Waals surface area contributed by atoms with E-state index in [0.29, 0.717) is 0 Å². The lowest BCUT2D eigenvalue weighted by atomic mass is 9.96. The molecule has 0 unspecified atom stereocenters. The Morgan fingerprint density at radius 2 is 1.43 bits per heavy atom. The van der Waals surface area contributed by atoms with Crippen molar-refractivity contribution in [1.82, 2.24) is 0 Å². The van der Waals surface area contributed by atoms with E-state index >= 15 is 0 Å². The van der Waals surface area contributed by atoms with Crippen LogP contribution < -0.4 is 14.2 Å². The maximum absolute atomic E-state index is 5.56. The Bertz CT molecular complexity index is 822. The molecule has 3 heteroatoms. The molecule has 3 aromatic carbocycles. The summed E-state index contributed by atoms with van der Waals surface area (Å²) in [4.78, 5) is 0. The quantitative estimate of drug-likeness (QED) is 0.669. The van der Waals surface area contributed by atoms with Crippen molar-refractivity contribution in [3.05, 3.63) is 42.0 Å². The molecular weight excluding hydrogens is 264 g/mol. The molecule has 0 saturated heterocycles. The molecule has 3 aromatic rings. The smallest absolute Gasteiger partial charge is 0.127 e. The van der Waals surface area contributed by atoms with E-state index in [0.717, 1.165) is 39.0 Å². The summed E-state index contributed by atoms with van der Waals surface area (Å²) in [6.45, 7) is 2.09. The van der Waals surface area contributed by atoms with Gasteiger partial charge < -0.3 is 14.2 Å². The number of hydrogen-bond acceptors (Lipinski definition) is 3. The first-order chi connectivity index (χ1) is 10.2. The summed E-state index contributed by atoms with van der Waals surface area (Å²) in [5.74, 6) is 2.56. The molecule has 21 heavy (non-hydrogen) atoms. The molecular formula is C18H18O3. The minimum atomic E-state index is 0.850. The van der Waals surface area contributed by atoms with Crippen molar-refractivity contribution in [3.8, 4) is 17.2 Å². The minimum Gasteiger partial charge on any atom is -0.497 e. The molecule has 0 N–H and O–H groups in total. The maximum atomic E-state index is 5.56. The zero-order valence-corrected chi connectivity index (χ0v) is 12.7. The number of rotatable bonds is 3. The molecule has 0 spiro atoms. The summed E-state index contributed by atoms with van der Waals surface area (Å²) in [6.07, 6.45) is 0. The molecule has 0 heterocycles. The highest BCUT2D eigenvalue weighted by Gasteiger charge is 2.13. The molecule has 0 radical (unpaired) electrons. The highest BCUT2D eigenvalue weighted by Crippen LogP contribution is 2.40. The SMILES string of the molecule is COc1cc(C)c2c(ccc3c(OC)ccc(OC)c32)c1. The third-order valence-electron chi connectivity index (χ3n) is 3.86. The van der Waals surface area contributed by atoms with Crippen molar-refractivity contribution in [2.24, 2.45) is 0 Å². The molecule has 0 amide bonds. The standard InChI is InChI=1S/C18H18O3/c1-11-9-13(19-2)10-12-5-6-14-15(20-3)7-8-16(21-4)18(14)17(11)12/h5-10H,1-4H3. The van der Waals surface area contributed by atoms with Crippen molar-refractivity contribution in [3.63, 3.8) is 0 Å². The molecule has 0 saturated carbocycles. The van der Waals surface area contributed by atoms with Crippen LogP contribution in [0.25, 0.3) is 21.5 Å². The fraction of sp³-hybridized carbons (Fsp3) is 0.222. The first kappa shape index (κ1) is 13.6. The zero-order chi connectivity index (χ0) is 15.0. The Kier molecular flexibility index (Phi) is 3.34. The summed E-state index contributed by atoms with van der Waals surface area (Å²) in [5.41, 5.74) is 1.15. The van der Waals surface area contributed by atoms with Gasteiger partial charge in [0.05, 0.1) is 21.3 Å². The van der Waals surface area contributed by atoms with E-state index in [1.807, 2.05) is 24.3 Å². The van der Waals surface area contributed by atoms with Gasteiger partial charge in [-0.15, -0.1) is 0 Å². The third-order valence-corrected chi connectivity index (χ3v) is 3.86. The molecule has 0 atom stereocenters. The highest BCUT2D eigenvalue weighted by molar-refractivity contribution is 6.14. The van der Waals surface area contributed by atoms with Gasteiger partial charge in [0.15, 0.2) is 0 Å². The van der Waals surface area contributed by atoms with E-state index in [-0.39, 0.29) is 0 Å². The Morgan fingerprint density at radius 1 is 0.714 bits per heavy atom. The van der Waals surface area contributed by atoms with Crippen LogP contribution in [0.2, 0.25) is 0 Å². The lowest BCUT2D eigenvalue weighted by molar-refractivity contribution is 0.410. The first-order valence-electron chi connectivity index (χ1n) is 6.81. The van der Waals surface area contributed by atoms with Crippen LogP contribution in [-0.2, 0) is 0 Å². The van der Waals surface area contributed by atoms with E-state index in [2.05, 4.69) is 19.1 Å². The molecule has 3 rings (SSSR count). The van der Waals surface area contributed by atoms with Crippen LogP contribution >= 0.6 is 0 Å². The third kappa shape index (κ3) is 2.05. The number of hydrogen-bond donors (Lipinski definition) is 0. The second kappa shape index (κ2) is 5.17. The van der Waals surface area contributed by atoms with Crippen molar-refractivity contribution in [1.29, 1.82) is 0 Å². The van der Waals surface area contributed by atoms with Gasteiger partial charge in [-0.2, -0.15) is 0 Å². The van der Waals surface area contributed by atoms with Gasteiger partial charge in [0.1, 0.15) is 17.2 Å². The van der Waals surface area contributed by atoms with E-state index in [4.69, 9.17) is 14.2 Å². The molecule has 0 aliphatic carbocycles. The average molecular weight is 282 g/mol. The van der Waals surface area contributed by atoms with Gasteiger partial charge in [-0.1, -0.05) is 6.07 Å². The molecule has 0 aliphatic rings. The molecule has 0 fully saturated rings. The predicted molar refractivity (Wildman–Crippen MR) is 85.8 cm³/mol. The number of fused-ring (bicyclic) bond motifs is 3. The predicted octanol–water partition coefficient (Wildman–Crippen LogP) is 4.33. The number of aryl methyl sites for hydroxylation is 1. The lowest BCUT2D eigenvalue weighted by Gasteiger charge is -2.14. The molecule has 0 aromatic heterocycles. The van der Waals surface area contributed by atoms with E-state index in [1.54, 1.807) is 21.3 Å². The van der Waals surface area contributed by atoms with Gasteiger partial charge in [-0.05, 0) is 53.6 Å². The van der Waals surface area contributed by atoms with Crippen LogP contribution in [0.3, 0.4) is 0 Å². The largest absolute Gasteiger partial charge is 0.497 e.